The number of halogens is 2. The predicted molar refractivity (Wildman–Crippen MR) is 70.7 cm³/mol. The molecule has 0 saturated carbocycles. The van der Waals surface area contributed by atoms with E-state index < -0.39 is 0 Å². The summed E-state index contributed by atoms with van der Waals surface area (Å²) in [4.78, 5) is 0. The zero-order chi connectivity index (χ0) is 11.1. The highest BCUT2D eigenvalue weighted by molar-refractivity contribution is 5.94. The molecule has 0 unspecified atom stereocenters. The number of rotatable bonds is 4. The van der Waals surface area contributed by atoms with Crippen LogP contribution in [0.2, 0.25) is 0 Å². The summed E-state index contributed by atoms with van der Waals surface area (Å²) >= 11 is 0. The molecule has 0 amide bonds. The van der Waals surface area contributed by atoms with E-state index >= 15 is 0 Å². The van der Waals surface area contributed by atoms with Crippen molar-refractivity contribution in [3.63, 3.8) is 0 Å². The third-order valence-corrected chi connectivity index (χ3v) is 1.42. The first kappa shape index (κ1) is 20.1. The fraction of sp³-hybridized carbons (Fsp3) is 0.250. The number of nitrogens with zero attached hydrogens (tertiary/aromatic N) is 2. The molecule has 92 valence electrons. The molecule has 0 aliphatic carbocycles. The number of nitrogens with two attached hydrogens (primary N) is 2. The molecule has 0 aromatic heterocycles. The number of azo groups is 1. The van der Waals surface area contributed by atoms with Crippen molar-refractivity contribution in [2.24, 2.45) is 21.7 Å². The molecule has 6 nitrogen and oxygen atoms in total. The Hall–Kier alpha value is -1.40. The van der Waals surface area contributed by atoms with Crippen LogP contribution < -0.4 is 11.5 Å². The summed E-state index contributed by atoms with van der Waals surface area (Å²) in [5, 5.41) is 21.3. The summed E-state index contributed by atoms with van der Waals surface area (Å²) in [7, 11) is 0. The zero-order valence-corrected chi connectivity index (χ0v) is 10.7. The van der Waals surface area contributed by atoms with E-state index in [-0.39, 0.29) is 36.5 Å². The van der Waals surface area contributed by atoms with Gasteiger partial charge in [0.2, 0.25) is 0 Å². The van der Waals surface area contributed by atoms with E-state index in [0.717, 1.165) is 0 Å². The van der Waals surface area contributed by atoms with Crippen LogP contribution in [-0.2, 0) is 0 Å². The molecule has 0 bridgehead atoms. The normalized spacial score (nSPS) is 11.6. The van der Waals surface area contributed by atoms with E-state index in [1.807, 2.05) is 0 Å². The van der Waals surface area contributed by atoms with Gasteiger partial charge in [0.1, 0.15) is 11.7 Å². The fourth-order valence-corrected chi connectivity index (χ4v) is 0.379. The van der Waals surface area contributed by atoms with Gasteiger partial charge in [-0.05, 0) is 13.8 Å². The van der Waals surface area contributed by atoms with Gasteiger partial charge >= 0.3 is 0 Å². The Morgan fingerprint density at radius 3 is 1.31 bits per heavy atom. The molecule has 0 spiro atoms. The Morgan fingerprint density at radius 2 is 1.12 bits per heavy atom. The van der Waals surface area contributed by atoms with Gasteiger partial charge in [-0.3, -0.25) is 10.8 Å². The molecular weight excluding hydrogens is 251 g/mol. The standard InChI is InChI=1S/C8H14N6.2ClH/c1-5(7(9)10)3-13-14-4-6(2)8(11)12;;/h3-4H,1-2H3,(H3,9,10)(H3,11,12);2*1H/b5-3+,6-4+,14-13+;;. The minimum absolute atomic E-state index is 0. The van der Waals surface area contributed by atoms with E-state index in [4.69, 9.17) is 22.3 Å². The second-order valence-corrected chi connectivity index (χ2v) is 2.68. The Bertz CT molecular complexity index is 299. The van der Waals surface area contributed by atoms with Crippen LogP contribution in [0.4, 0.5) is 0 Å². The molecule has 0 saturated heterocycles. The quantitative estimate of drug-likeness (QED) is 0.353. The van der Waals surface area contributed by atoms with Gasteiger partial charge in [-0.2, -0.15) is 10.2 Å². The highest BCUT2D eigenvalue weighted by Gasteiger charge is 1.90. The third kappa shape index (κ3) is 9.17. The molecule has 6 N–H and O–H groups in total. The van der Waals surface area contributed by atoms with Gasteiger partial charge in [0, 0.05) is 11.1 Å². The van der Waals surface area contributed by atoms with Gasteiger partial charge in [0.15, 0.2) is 0 Å². The largest absolute Gasteiger partial charge is 0.384 e. The van der Waals surface area contributed by atoms with Gasteiger partial charge in [-0.15, -0.1) is 24.8 Å². The summed E-state index contributed by atoms with van der Waals surface area (Å²) in [5.74, 6) is -0.0903. The predicted octanol–water partition coefficient (Wildman–Crippen LogP) is 1.96. The smallest absolute Gasteiger partial charge is 0.119 e. The van der Waals surface area contributed by atoms with E-state index in [2.05, 4.69) is 10.2 Å². The first-order chi connectivity index (χ1) is 6.45. The maximum absolute atomic E-state index is 7.03. The summed E-state index contributed by atoms with van der Waals surface area (Å²) in [6.07, 6.45) is 2.73. The monoisotopic (exact) mass is 266 g/mol. The second-order valence-electron chi connectivity index (χ2n) is 2.68. The van der Waals surface area contributed by atoms with Gasteiger partial charge in [0.25, 0.3) is 0 Å². The van der Waals surface area contributed by atoms with Crippen LogP contribution in [-0.4, -0.2) is 11.7 Å². The van der Waals surface area contributed by atoms with Crippen LogP contribution in [0, 0.1) is 10.8 Å². The summed E-state index contributed by atoms with van der Waals surface area (Å²) in [5.41, 5.74) is 11.4. The molecule has 0 aromatic carbocycles. The Labute approximate surface area is 107 Å². The molecule has 0 aliphatic rings. The average Bonchev–Trinajstić information content (AvgIpc) is 2.11. The molecule has 0 atom stereocenters. The van der Waals surface area contributed by atoms with Crippen molar-refractivity contribution in [1.29, 1.82) is 10.8 Å². The van der Waals surface area contributed by atoms with Crippen LogP contribution >= 0.6 is 24.8 Å². The maximum Gasteiger partial charge on any atom is 0.119 e. The number of hydrogen-bond acceptors (Lipinski definition) is 4. The zero-order valence-electron chi connectivity index (χ0n) is 9.02. The topological polar surface area (TPSA) is 124 Å². The van der Waals surface area contributed by atoms with Crippen molar-refractivity contribution < 1.29 is 0 Å². The molecule has 0 rings (SSSR count). The Balaban J connectivity index is -0.000000845. The summed E-state index contributed by atoms with van der Waals surface area (Å²) in [6.45, 7) is 3.31. The SMILES string of the molecule is C\C(=C/N=N/C=C(\C)C(=N)N)C(=N)N.Cl.Cl. The Kier molecular flexibility index (Phi) is 12.7. The fourth-order valence-electron chi connectivity index (χ4n) is 0.379. The molecule has 0 heterocycles. The van der Waals surface area contributed by atoms with Gasteiger partial charge in [-0.1, -0.05) is 0 Å². The van der Waals surface area contributed by atoms with Crippen LogP contribution in [0.25, 0.3) is 0 Å². The van der Waals surface area contributed by atoms with Crippen LogP contribution in [0.15, 0.2) is 33.8 Å². The summed E-state index contributed by atoms with van der Waals surface area (Å²) in [6, 6.07) is 0. The lowest BCUT2D eigenvalue weighted by atomic mass is 10.3. The molecule has 0 radical (unpaired) electrons. The molecule has 0 aliphatic heterocycles. The molecule has 8 heteroatoms. The van der Waals surface area contributed by atoms with Crippen LogP contribution in [0.1, 0.15) is 13.8 Å². The van der Waals surface area contributed by atoms with E-state index in [1.54, 1.807) is 13.8 Å². The number of amidine groups is 2. The number of nitrogens with one attached hydrogen (secondary N) is 2. The van der Waals surface area contributed by atoms with Crippen LogP contribution in [0.5, 0.6) is 0 Å². The van der Waals surface area contributed by atoms with Crippen molar-refractivity contribution in [3.05, 3.63) is 23.5 Å². The van der Waals surface area contributed by atoms with E-state index in [9.17, 15) is 0 Å². The maximum atomic E-state index is 7.03. The molecule has 0 fully saturated rings. The molecule has 16 heavy (non-hydrogen) atoms. The second kappa shape index (κ2) is 10.1. The third-order valence-electron chi connectivity index (χ3n) is 1.42. The van der Waals surface area contributed by atoms with Crippen molar-refractivity contribution in [3.8, 4) is 0 Å². The van der Waals surface area contributed by atoms with Gasteiger partial charge in [0.05, 0.1) is 12.4 Å². The minimum Gasteiger partial charge on any atom is -0.384 e. The van der Waals surface area contributed by atoms with Crippen molar-refractivity contribution in [2.75, 3.05) is 0 Å². The first-order valence-electron chi connectivity index (χ1n) is 3.87. The van der Waals surface area contributed by atoms with Crippen molar-refractivity contribution >= 4 is 36.5 Å². The molecule has 0 aromatic rings. The Morgan fingerprint density at radius 1 is 0.875 bits per heavy atom. The lowest BCUT2D eigenvalue weighted by Crippen LogP contribution is -2.10. The van der Waals surface area contributed by atoms with E-state index in [0.29, 0.717) is 11.1 Å². The van der Waals surface area contributed by atoms with Gasteiger partial charge in [-0.25, -0.2) is 0 Å². The molecular formula is C8H16Cl2N6. The highest BCUT2D eigenvalue weighted by Crippen LogP contribution is 1.95. The van der Waals surface area contributed by atoms with Crippen molar-refractivity contribution in [1.82, 2.24) is 0 Å². The first-order valence-corrected chi connectivity index (χ1v) is 3.87. The van der Waals surface area contributed by atoms with Gasteiger partial charge < -0.3 is 11.5 Å². The lowest BCUT2D eigenvalue weighted by Gasteiger charge is -1.92. The van der Waals surface area contributed by atoms with E-state index in [1.165, 1.54) is 12.4 Å². The average molecular weight is 267 g/mol. The number of hydrogen-bond donors (Lipinski definition) is 4. The summed E-state index contributed by atoms with van der Waals surface area (Å²) < 4.78 is 0. The minimum atomic E-state index is -0.0452. The lowest BCUT2D eigenvalue weighted by molar-refractivity contribution is 1.19. The van der Waals surface area contributed by atoms with Crippen LogP contribution in [0.3, 0.4) is 0 Å². The highest BCUT2D eigenvalue weighted by atomic mass is 35.5. The van der Waals surface area contributed by atoms with Crippen molar-refractivity contribution in [2.45, 2.75) is 13.8 Å².